The van der Waals surface area contributed by atoms with E-state index in [1.165, 1.54) is 10.5 Å². The Morgan fingerprint density at radius 2 is 1.74 bits per heavy atom. The van der Waals surface area contributed by atoms with E-state index in [4.69, 9.17) is 23.2 Å². The van der Waals surface area contributed by atoms with E-state index in [1.807, 2.05) is 42.1 Å². The van der Waals surface area contributed by atoms with Crippen molar-refractivity contribution in [3.63, 3.8) is 0 Å². The number of rotatable bonds is 2. The van der Waals surface area contributed by atoms with Crippen molar-refractivity contribution in [1.82, 2.24) is 0 Å². The van der Waals surface area contributed by atoms with Crippen LogP contribution >= 0.6 is 35.0 Å². The van der Waals surface area contributed by atoms with Gasteiger partial charge in [0.25, 0.3) is 0 Å². The Morgan fingerprint density at radius 3 is 2.53 bits per heavy atom. The largest absolute Gasteiger partial charge is 0.378 e. The van der Waals surface area contributed by atoms with Crippen LogP contribution < -0.4 is 5.32 Å². The summed E-state index contributed by atoms with van der Waals surface area (Å²) in [4.78, 5) is 1.32. The van der Waals surface area contributed by atoms with Crippen LogP contribution in [0.3, 0.4) is 0 Å². The second-order valence-electron chi connectivity index (χ2n) is 4.52. The molecule has 3 rings (SSSR count). The molecule has 4 heteroatoms. The average Bonchev–Trinajstić information content (AvgIpc) is 2.42. The molecule has 1 aliphatic rings. The van der Waals surface area contributed by atoms with Crippen LogP contribution in [0.2, 0.25) is 10.0 Å². The SMILES string of the molecule is Clc1ccc(NC2CCSc3ccc(Cl)cc32)cc1. The van der Waals surface area contributed by atoms with Gasteiger partial charge < -0.3 is 5.32 Å². The molecule has 0 saturated carbocycles. The summed E-state index contributed by atoms with van der Waals surface area (Å²) in [5.74, 6) is 1.12. The molecule has 0 amide bonds. The van der Waals surface area contributed by atoms with Crippen molar-refractivity contribution in [2.24, 2.45) is 0 Å². The highest BCUT2D eigenvalue weighted by Crippen LogP contribution is 2.39. The fraction of sp³-hybridized carbons (Fsp3) is 0.200. The Bertz CT molecular complexity index is 583. The molecule has 19 heavy (non-hydrogen) atoms. The van der Waals surface area contributed by atoms with Crippen LogP contribution in [-0.4, -0.2) is 5.75 Å². The highest BCUT2D eigenvalue weighted by Gasteiger charge is 2.20. The molecule has 0 bridgehead atoms. The van der Waals surface area contributed by atoms with Gasteiger partial charge in [0.05, 0.1) is 6.04 Å². The molecule has 1 N–H and O–H groups in total. The number of thioether (sulfide) groups is 1. The fourth-order valence-corrected chi connectivity index (χ4v) is 3.67. The van der Waals surface area contributed by atoms with Gasteiger partial charge in [-0.1, -0.05) is 23.2 Å². The molecule has 0 aromatic heterocycles. The maximum absolute atomic E-state index is 6.11. The highest BCUT2D eigenvalue weighted by molar-refractivity contribution is 7.99. The number of nitrogens with one attached hydrogen (secondary N) is 1. The third-order valence-electron chi connectivity index (χ3n) is 3.20. The zero-order valence-corrected chi connectivity index (χ0v) is 12.5. The van der Waals surface area contributed by atoms with Gasteiger partial charge in [-0.3, -0.25) is 0 Å². The lowest BCUT2D eigenvalue weighted by Crippen LogP contribution is -2.16. The molecule has 0 fully saturated rings. The molecular weight excluding hydrogens is 297 g/mol. The normalized spacial score (nSPS) is 17.9. The average molecular weight is 310 g/mol. The predicted molar refractivity (Wildman–Crippen MR) is 84.6 cm³/mol. The van der Waals surface area contributed by atoms with E-state index in [9.17, 15) is 0 Å². The smallest absolute Gasteiger partial charge is 0.0533 e. The van der Waals surface area contributed by atoms with E-state index in [0.29, 0.717) is 6.04 Å². The van der Waals surface area contributed by atoms with Crippen LogP contribution in [0.4, 0.5) is 5.69 Å². The summed E-state index contributed by atoms with van der Waals surface area (Å²) < 4.78 is 0. The molecule has 0 saturated heterocycles. The van der Waals surface area contributed by atoms with Gasteiger partial charge in [0, 0.05) is 26.4 Å². The molecule has 1 heterocycles. The van der Waals surface area contributed by atoms with Gasteiger partial charge in [-0.15, -0.1) is 11.8 Å². The Balaban J connectivity index is 1.87. The van der Waals surface area contributed by atoms with Gasteiger partial charge >= 0.3 is 0 Å². The Morgan fingerprint density at radius 1 is 1.00 bits per heavy atom. The topological polar surface area (TPSA) is 12.0 Å². The third-order valence-corrected chi connectivity index (χ3v) is 4.81. The summed E-state index contributed by atoms with van der Waals surface area (Å²) in [5.41, 5.74) is 2.38. The number of benzene rings is 2. The van der Waals surface area contributed by atoms with Crippen LogP contribution in [0.15, 0.2) is 47.4 Å². The van der Waals surface area contributed by atoms with Gasteiger partial charge in [0.15, 0.2) is 0 Å². The summed E-state index contributed by atoms with van der Waals surface area (Å²) in [6.07, 6.45) is 1.10. The Labute approximate surface area is 127 Å². The molecule has 98 valence electrons. The lowest BCUT2D eigenvalue weighted by atomic mass is 10.0. The summed E-state index contributed by atoms with van der Waals surface area (Å²) in [6, 6.07) is 14.3. The lowest BCUT2D eigenvalue weighted by molar-refractivity contribution is 0.729. The molecule has 2 aromatic rings. The molecule has 1 atom stereocenters. The first-order valence-corrected chi connectivity index (χ1v) is 7.91. The standard InChI is InChI=1S/C15H13Cl2NS/c16-10-1-4-12(5-2-10)18-14-7-8-19-15-6-3-11(17)9-13(14)15/h1-6,9,14,18H,7-8H2. The van der Waals surface area contributed by atoms with Crippen LogP contribution in [0.5, 0.6) is 0 Å². The third kappa shape index (κ3) is 3.02. The number of fused-ring (bicyclic) bond motifs is 1. The first-order valence-electron chi connectivity index (χ1n) is 6.17. The molecule has 0 spiro atoms. The van der Waals surface area contributed by atoms with E-state index in [2.05, 4.69) is 17.4 Å². The maximum Gasteiger partial charge on any atom is 0.0533 e. The zero-order valence-electron chi connectivity index (χ0n) is 10.2. The number of halogens is 2. The van der Waals surface area contributed by atoms with Crippen molar-refractivity contribution in [3.05, 3.63) is 58.1 Å². The first kappa shape index (κ1) is 13.2. The summed E-state index contributed by atoms with van der Waals surface area (Å²) in [6.45, 7) is 0. The van der Waals surface area contributed by atoms with E-state index in [1.54, 1.807) is 0 Å². The van der Waals surface area contributed by atoms with Crippen molar-refractivity contribution >= 4 is 40.7 Å². The van der Waals surface area contributed by atoms with E-state index in [-0.39, 0.29) is 0 Å². The monoisotopic (exact) mass is 309 g/mol. The maximum atomic E-state index is 6.11. The quantitative estimate of drug-likeness (QED) is 0.770. The molecule has 2 aromatic carbocycles. The fourth-order valence-electron chi connectivity index (χ4n) is 2.26. The Hall–Kier alpha value is -0.830. The summed E-state index contributed by atoms with van der Waals surface area (Å²) in [5, 5.41) is 5.11. The molecule has 0 radical (unpaired) electrons. The highest BCUT2D eigenvalue weighted by atomic mass is 35.5. The van der Waals surface area contributed by atoms with E-state index < -0.39 is 0 Å². The minimum Gasteiger partial charge on any atom is -0.378 e. The van der Waals surface area contributed by atoms with Crippen molar-refractivity contribution < 1.29 is 0 Å². The second-order valence-corrected chi connectivity index (χ2v) is 6.53. The van der Waals surface area contributed by atoms with Crippen molar-refractivity contribution in [3.8, 4) is 0 Å². The zero-order chi connectivity index (χ0) is 13.2. The number of hydrogen-bond donors (Lipinski definition) is 1. The van der Waals surface area contributed by atoms with Gasteiger partial charge in [-0.2, -0.15) is 0 Å². The van der Waals surface area contributed by atoms with Crippen LogP contribution in [-0.2, 0) is 0 Å². The van der Waals surface area contributed by atoms with Crippen LogP contribution in [0, 0.1) is 0 Å². The molecular formula is C15H13Cl2NS. The van der Waals surface area contributed by atoms with E-state index >= 15 is 0 Å². The number of hydrogen-bond acceptors (Lipinski definition) is 2. The minimum atomic E-state index is 0.316. The summed E-state index contributed by atoms with van der Waals surface area (Å²) >= 11 is 13.9. The minimum absolute atomic E-state index is 0.316. The first-order chi connectivity index (χ1) is 9.22. The van der Waals surface area contributed by atoms with Crippen LogP contribution in [0.25, 0.3) is 0 Å². The van der Waals surface area contributed by atoms with Crippen molar-refractivity contribution in [1.29, 1.82) is 0 Å². The van der Waals surface area contributed by atoms with E-state index in [0.717, 1.165) is 27.9 Å². The van der Waals surface area contributed by atoms with Crippen LogP contribution in [0.1, 0.15) is 18.0 Å². The second kappa shape index (κ2) is 5.66. The Kier molecular flexibility index (Phi) is 3.92. The summed E-state index contributed by atoms with van der Waals surface area (Å²) in [7, 11) is 0. The molecule has 1 unspecified atom stereocenters. The van der Waals surface area contributed by atoms with Gasteiger partial charge in [-0.25, -0.2) is 0 Å². The van der Waals surface area contributed by atoms with Gasteiger partial charge in [0.2, 0.25) is 0 Å². The molecule has 1 aliphatic heterocycles. The number of anilines is 1. The predicted octanol–water partition coefficient (Wildman–Crippen LogP) is 5.64. The van der Waals surface area contributed by atoms with Crippen molar-refractivity contribution in [2.75, 3.05) is 11.1 Å². The molecule has 1 nitrogen and oxygen atoms in total. The van der Waals surface area contributed by atoms with Gasteiger partial charge in [0.1, 0.15) is 0 Å². The van der Waals surface area contributed by atoms with Crippen molar-refractivity contribution in [2.45, 2.75) is 17.4 Å². The molecule has 0 aliphatic carbocycles. The van der Waals surface area contributed by atoms with Gasteiger partial charge in [-0.05, 0) is 54.4 Å². The lowest BCUT2D eigenvalue weighted by Gasteiger charge is -2.27.